The second-order valence-corrected chi connectivity index (χ2v) is 12.8. The molecule has 0 aliphatic heterocycles. The summed E-state index contributed by atoms with van der Waals surface area (Å²) in [7, 11) is -1.74. The Hall–Kier alpha value is -3.18. The predicted molar refractivity (Wildman–Crippen MR) is 161 cm³/mol. The summed E-state index contributed by atoms with van der Waals surface area (Å²) in [5.74, 6) is -1.96. The van der Waals surface area contributed by atoms with Crippen molar-refractivity contribution in [3.8, 4) is 0 Å². The van der Waals surface area contributed by atoms with E-state index in [1.54, 1.807) is 32.0 Å². The lowest BCUT2D eigenvalue weighted by Gasteiger charge is -2.34. The summed E-state index contributed by atoms with van der Waals surface area (Å²) in [6, 6.07) is 18.0. The molecule has 220 valence electrons. The highest BCUT2D eigenvalue weighted by Gasteiger charge is 2.35. The fraction of sp³-hybridized carbons (Fsp3) is 0.310. The maximum atomic E-state index is 14.9. The van der Waals surface area contributed by atoms with Crippen LogP contribution in [0.1, 0.15) is 25.0 Å². The zero-order chi connectivity index (χ0) is 30.3. The summed E-state index contributed by atoms with van der Waals surface area (Å²) < 4.78 is 43.1. The molecule has 0 aliphatic rings. The first-order chi connectivity index (χ1) is 19.3. The summed E-state index contributed by atoms with van der Waals surface area (Å²) in [4.78, 5) is 29.0. The lowest BCUT2D eigenvalue weighted by Crippen LogP contribution is -2.55. The van der Waals surface area contributed by atoms with Gasteiger partial charge >= 0.3 is 10.2 Å². The number of rotatable bonds is 12. The smallest absolute Gasteiger partial charge is 0.304 e. The van der Waals surface area contributed by atoms with Gasteiger partial charge in [0.2, 0.25) is 11.8 Å². The van der Waals surface area contributed by atoms with Gasteiger partial charge in [0.05, 0.1) is 15.7 Å². The van der Waals surface area contributed by atoms with Crippen molar-refractivity contribution < 1.29 is 22.4 Å². The molecule has 8 nitrogen and oxygen atoms in total. The number of benzene rings is 3. The van der Waals surface area contributed by atoms with E-state index in [-0.39, 0.29) is 29.7 Å². The van der Waals surface area contributed by atoms with E-state index >= 15 is 0 Å². The Morgan fingerprint density at radius 3 is 2.12 bits per heavy atom. The van der Waals surface area contributed by atoms with Gasteiger partial charge in [-0.15, -0.1) is 0 Å². The third-order valence-electron chi connectivity index (χ3n) is 6.18. The summed E-state index contributed by atoms with van der Waals surface area (Å²) in [6.45, 7) is 2.74. The van der Waals surface area contributed by atoms with Crippen molar-refractivity contribution in [2.45, 2.75) is 38.9 Å². The van der Waals surface area contributed by atoms with E-state index in [1.807, 2.05) is 30.3 Å². The van der Waals surface area contributed by atoms with Crippen LogP contribution in [0.5, 0.6) is 0 Å². The average Bonchev–Trinajstić information content (AvgIpc) is 2.91. The molecule has 41 heavy (non-hydrogen) atoms. The van der Waals surface area contributed by atoms with Crippen molar-refractivity contribution in [2.24, 2.45) is 0 Å². The van der Waals surface area contributed by atoms with E-state index in [1.165, 1.54) is 37.2 Å². The number of nitrogens with one attached hydrogen (secondary N) is 1. The first-order valence-corrected chi connectivity index (χ1v) is 15.0. The Balaban J connectivity index is 2.12. The highest BCUT2D eigenvalue weighted by molar-refractivity contribution is 7.90. The van der Waals surface area contributed by atoms with E-state index in [4.69, 9.17) is 23.2 Å². The summed E-state index contributed by atoms with van der Waals surface area (Å²) in [5, 5.41) is 3.44. The Bertz CT molecular complexity index is 1470. The van der Waals surface area contributed by atoms with Gasteiger partial charge in [-0.3, -0.25) is 9.59 Å². The van der Waals surface area contributed by atoms with Gasteiger partial charge in [-0.1, -0.05) is 71.7 Å². The summed E-state index contributed by atoms with van der Waals surface area (Å²) in [5.41, 5.74) is 1.06. The van der Waals surface area contributed by atoms with Gasteiger partial charge in [0.15, 0.2) is 0 Å². The molecule has 1 atom stereocenters. The number of nitrogens with zero attached hydrogens (tertiary/aromatic N) is 3. The van der Waals surface area contributed by atoms with Gasteiger partial charge in [0.1, 0.15) is 18.4 Å². The fourth-order valence-corrected chi connectivity index (χ4v) is 5.51. The standard InChI is InChI=1S/C29H33Cl2FN4O4S/c1-20(2)33-29(38)27(17-21-10-6-5-7-11-21)35(18-22-14-15-23(30)24(31)16-22)28(37)19-36(41(39,40)34(3)4)26-13-9-8-12-25(26)32/h5-16,20,27H,17-19H2,1-4H3,(H,33,38)/t27-/m0/s1. The molecular formula is C29H33Cl2FN4O4S. The second kappa shape index (κ2) is 14.1. The minimum absolute atomic E-state index is 0.0914. The topological polar surface area (TPSA) is 90.0 Å². The lowest BCUT2D eigenvalue weighted by atomic mass is 10.0. The molecule has 0 aliphatic carbocycles. The van der Waals surface area contributed by atoms with Gasteiger partial charge < -0.3 is 10.2 Å². The lowest BCUT2D eigenvalue weighted by molar-refractivity contribution is -0.140. The Morgan fingerprint density at radius 2 is 1.54 bits per heavy atom. The first kappa shape index (κ1) is 32.3. The van der Waals surface area contributed by atoms with Crippen LogP contribution in [0, 0.1) is 5.82 Å². The third-order valence-corrected chi connectivity index (χ3v) is 8.72. The molecule has 3 rings (SSSR count). The number of hydrogen-bond donors (Lipinski definition) is 1. The second-order valence-electron chi connectivity index (χ2n) is 9.89. The van der Waals surface area contributed by atoms with Crippen molar-refractivity contribution in [3.05, 3.63) is 99.8 Å². The van der Waals surface area contributed by atoms with Crippen LogP contribution < -0.4 is 9.62 Å². The predicted octanol–water partition coefficient (Wildman–Crippen LogP) is 4.91. The van der Waals surface area contributed by atoms with Gasteiger partial charge in [-0.05, 0) is 49.2 Å². The molecule has 0 bridgehead atoms. The SMILES string of the molecule is CC(C)NC(=O)[C@H](Cc1ccccc1)N(Cc1ccc(Cl)c(Cl)c1)C(=O)CN(c1ccccc1F)S(=O)(=O)N(C)C. The molecule has 0 radical (unpaired) electrons. The van der Waals surface area contributed by atoms with Gasteiger partial charge in [0.25, 0.3) is 0 Å². The molecular weight excluding hydrogens is 590 g/mol. The van der Waals surface area contributed by atoms with E-state index in [0.29, 0.717) is 14.9 Å². The number of carbonyl (C=O) groups is 2. The molecule has 0 spiro atoms. The number of para-hydroxylation sites is 1. The quantitative estimate of drug-likeness (QED) is 0.311. The molecule has 0 saturated carbocycles. The maximum absolute atomic E-state index is 14.9. The third kappa shape index (κ3) is 8.42. The molecule has 12 heteroatoms. The maximum Gasteiger partial charge on any atom is 0.304 e. The van der Waals surface area contributed by atoms with Crippen LogP contribution in [0.25, 0.3) is 0 Å². The van der Waals surface area contributed by atoms with Crippen LogP contribution in [0.2, 0.25) is 10.0 Å². The average molecular weight is 624 g/mol. The number of anilines is 1. The molecule has 0 heterocycles. The highest BCUT2D eigenvalue weighted by Crippen LogP contribution is 2.26. The number of amides is 2. The van der Waals surface area contributed by atoms with Crippen molar-refractivity contribution in [1.82, 2.24) is 14.5 Å². The van der Waals surface area contributed by atoms with E-state index in [2.05, 4.69) is 5.32 Å². The number of halogens is 3. The molecule has 3 aromatic carbocycles. The fourth-order valence-electron chi connectivity index (χ4n) is 4.13. The van der Waals surface area contributed by atoms with Crippen LogP contribution in [0.3, 0.4) is 0 Å². The molecule has 2 amide bonds. The molecule has 0 fully saturated rings. The molecule has 1 N–H and O–H groups in total. The molecule has 0 unspecified atom stereocenters. The van der Waals surface area contributed by atoms with E-state index in [9.17, 15) is 22.4 Å². The van der Waals surface area contributed by atoms with Crippen molar-refractivity contribution in [3.63, 3.8) is 0 Å². The zero-order valence-electron chi connectivity index (χ0n) is 23.2. The zero-order valence-corrected chi connectivity index (χ0v) is 25.5. The van der Waals surface area contributed by atoms with Crippen molar-refractivity contribution in [2.75, 3.05) is 24.9 Å². The Morgan fingerprint density at radius 1 is 0.902 bits per heavy atom. The Kier molecular flexibility index (Phi) is 11.1. The normalized spacial score (nSPS) is 12.3. The van der Waals surface area contributed by atoms with Gasteiger partial charge in [0, 0.05) is 33.1 Å². The molecule has 0 aromatic heterocycles. The van der Waals surface area contributed by atoms with Crippen LogP contribution in [0.15, 0.2) is 72.8 Å². The minimum Gasteiger partial charge on any atom is -0.352 e. The van der Waals surface area contributed by atoms with Gasteiger partial charge in [-0.2, -0.15) is 12.7 Å². The van der Waals surface area contributed by atoms with E-state index < -0.39 is 40.4 Å². The number of hydrogen-bond acceptors (Lipinski definition) is 4. The van der Waals surface area contributed by atoms with Crippen molar-refractivity contribution >= 4 is 50.9 Å². The first-order valence-electron chi connectivity index (χ1n) is 12.8. The van der Waals surface area contributed by atoms with Crippen molar-refractivity contribution in [1.29, 1.82) is 0 Å². The largest absolute Gasteiger partial charge is 0.352 e. The number of carbonyl (C=O) groups excluding carboxylic acids is 2. The molecule has 0 saturated heterocycles. The van der Waals surface area contributed by atoms with E-state index in [0.717, 1.165) is 15.9 Å². The summed E-state index contributed by atoms with van der Waals surface area (Å²) >= 11 is 12.3. The Labute approximate surface area is 250 Å². The monoisotopic (exact) mass is 622 g/mol. The van der Waals surface area contributed by atoms with Gasteiger partial charge in [-0.25, -0.2) is 8.70 Å². The van der Waals surface area contributed by atoms with Crippen LogP contribution in [-0.2, 0) is 32.8 Å². The van der Waals surface area contributed by atoms with Crippen LogP contribution >= 0.6 is 23.2 Å². The minimum atomic E-state index is -4.31. The highest BCUT2D eigenvalue weighted by atomic mass is 35.5. The van der Waals surface area contributed by atoms with Crippen LogP contribution in [0.4, 0.5) is 10.1 Å². The van der Waals surface area contributed by atoms with Crippen LogP contribution in [-0.4, -0.2) is 62.2 Å². The summed E-state index contributed by atoms with van der Waals surface area (Å²) in [6.07, 6.45) is 0.145. The molecule has 3 aromatic rings.